The summed E-state index contributed by atoms with van der Waals surface area (Å²) in [4.78, 5) is 18.5. The Bertz CT molecular complexity index is 1780. The van der Waals surface area contributed by atoms with Gasteiger partial charge >= 0.3 is 0 Å². The highest BCUT2D eigenvalue weighted by atomic mass is 32.2. The van der Waals surface area contributed by atoms with Crippen LogP contribution in [0.3, 0.4) is 0 Å². The molecule has 0 unspecified atom stereocenters. The Labute approximate surface area is 270 Å². The zero-order chi connectivity index (χ0) is 31.7. The number of hydrogen-bond donors (Lipinski definition) is 0. The van der Waals surface area contributed by atoms with Crippen LogP contribution in [-0.4, -0.2) is 76.7 Å². The van der Waals surface area contributed by atoms with Gasteiger partial charge < -0.3 is 24.0 Å². The van der Waals surface area contributed by atoms with Gasteiger partial charge in [-0.3, -0.25) is 4.79 Å². The molecule has 0 radical (unpaired) electrons. The standard InChI is InChI=1S/C37H40N2O6S/c1-43-31-11-15-33(16-12-31)46(41,42)32-13-9-28(10-14-32)37(44-25-26-45-37)29-17-21-38(22-18-29)30-19-23-39(24-20-30)36(40)35-8-4-6-27-5-2-3-7-34(27)35/h2-16,29-30H,17-26H2,1H3. The van der Waals surface area contributed by atoms with Crippen LogP contribution in [0.1, 0.15) is 41.6 Å². The SMILES string of the molecule is COc1ccc(S(=O)(=O)c2ccc(C3(C4CCN(C5CCN(C(=O)c6cccc7ccccc67)CC5)CC4)OCCO3)cc2)cc1. The smallest absolute Gasteiger partial charge is 0.254 e. The number of nitrogens with zero attached hydrogens (tertiary/aromatic N) is 2. The second-order valence-corrected chi connectivity index (χ2v) is 14.4. The van der Waals surface area contributed by atoms with Crippen molar-refractivity contribution in [3.05, 3.63) is 102 Å². The van der Waals surface area contributed by atoms with Crippen molar-refractivity contribution in [1.29, 1.82) is 0 Å². The lowest BCUT2D eigenvalue weighted by Gasteiger charge is -2.45. The van der Waals surface area contributed by atoms with Crippen LogP contribution in [0.25, 0.3) is 10.8 Å². The molecule has 7 rings (SSSR count). The van der Waals surface area contributed by atoms with Gasteiger partial charge in [0.05, 0.1) is 30.1 Å². The second kappa shape index (κ2) is 12.8. The van der Waals surface area contributed by atoms with Gasteiger partial charge in [-0.25, -0.2) is 8.42 Å². The fourth-order valence-electron chi connectivity index (χ4n) is 7.48. The lowest BCUT2D eigenvalue weighted by Crippen LogP contribution is -2.51. The van der Waals surface area contributed by atoms with Crippen LogP contribution in [0.5, 0.6) is 5.75 Å². The van der Waals surface area contributed by atoms with E-state index in [-0.39, 0.29) is 21.6 Å². The molecule has 4 aromatic rings. The number of amides is 1. The Hall–Kier alpha value is -3.76. The number of likely N-dealkylation sites (tertiary alicyclic amines) is 2. The molecule has 0 saturated carbocycles. The number of ether oxygens (including phenoxy) is 3. The highest BCUT2D eigenvalue weighted by molar-refractivity contribution is 7.91. The van der Waals surface area contributed by atoms with E-state index in [1.165, 1.54) is 0 Å². The maximum atomic E-state index is 13.5. The first-order chi connectivity index (χ1) is 22.4. The molecular formula is C37H40N2O6S. The predicted octanol–water partition coefficient (Wildman–Crippen LogP) is 5.90. The quantitative estimate of drug-likeness (QED) is 0.249. The maximum absolute atomic E-state index is 13.5. The first kappa shape index (κ1) is 30.9. The Kier molecular flexibility index (Phi) is 8.59. The molecule has 8 nitrogen and oxygen atoms in total. The molecule has 0 N–H and O–H groups in total. The molecule has 0 aliphatic carbocycles. The van der Waals surface area contributed by atoms with Crippen LogP contribution in [0.2, 0.25) is 0 Å². The van der Waals surface area contributed by atoms with E-state index in [0.29, 0.717) is 25.0 Å². The summed E-state index contributed by atoms with van der Waals surface area (Å²) >= 11 is 0. The summed E-state index contributed by atoms with van der Waals surface area (Å²) in [6.45, 7) is 4.41. The lowest BCUT2D eigenvalue weighted by atomic mass is 9.83. The zero-order valence-corrected chi connectivity index (χ0v) is 27.0. The third-order valence-electron chi connectivity index (χ3n) is 10.0. The van der Waals surface area contributed by atoms with Crippen molar-refractivity contribution in [3.8, 4) is 5.75 Å². The second-order valence-electron chi connectivity index (χ2n) is 12.4. The average molecular weight is 641 g/mol. The van der Waals surface area contributed by atoms with Gasteiger partial charge in [-0.2, -0.15) is 0 Å². The first-order valence-electron chi connectivity index (χ1n) is 16.2. The average Bonchev–Trinajstić information content (AvgIpc) is 3.63. The van der Waals surface area contributed by atoms with Crippen molar-refractivity contribution in [3.63, 3.8) is 0 Å². The summed E-state index contributed by atoms with van der Waals surface area (Å²) in [6.07, 6.45) is 3.76. The van der Waals surface area contributed by atoms with Gasteiger partial charge in [0, 0.05) is 36.2 Å². The minimum atomic E-state index is -3.67. The number of hydrogen-bond acceptors (Lipinski definition) is 7. The molecule has 0 atom stereocenters. The highest BCUT2D eigenvalue weighted by Gasteiger charge is 2.47. The van der Waals surface area contributed by atoms with Gasteiger partial charge in [-0.15, -0.1) is 0 Å². The van der Waals surface area contributed by atoms with Crippen LogP contribution in [-0.2, 0) is 25.1 Å². The molecule has 3 aliphatic heterocycles. The molecule has 0 spiro atoms. The summed E-state index contributed by atoms with van der Waals surface area (Å²) in [5, 5.41) is 2.10. The van der Waals surface area contributed by atoms with Gasteiger partial charge in [-0.05, 0) is 92.0 Å². The van der Waals surface area contributed by atoms with Crippen molar-refractivity contribution in [2.24, 2.45) is 5.92 Å². The molecule has 0 aromatic heterocycles. The van der Waals surface area contributed by atoms with Crippen LogP contribution >= 0.6 is 0 Å². The Balaban J connectivity index is 0.985. The molecule has 0 bridgehead atoms. The number of benzene rings is 4. The molecule has 240 valence electrons. The van der Waals surface area contributed by atoms with Crippen molar-refractivity contribution >= 4 is 26.5 Å². The summed E-state index contributed by atoms with van der Waals surface area (Å²) in [6, 6.07) is 27.9. The molecule has 3 heterocycles. The highest BCUT2D eigenvalue weighted by Crippen LogP contribution is 2.44. The molecule has 3 saturated heterocycles. The monoisotopic (exact) mass is 640 g/mol. The third-order valence-corrected chi connectivity index (χ3v) is 11.8. The summed E-state index contributed by atoms with van der Waals surface area (Å²) in [5.41, 5.74) is 1.64. The van der Waals surface area contributed by atoms with E-state index in [9.17, 15) is 13.2 Å². The largest absolute Gasteiger partial charge is 0.497 e. The van der Waals surface area contributed by atoms with Crippen molar-refractivity contribution in [2.45, 2.75) is 47.3 Å². The third kappa shape index (κ3) is 5.70. The van der Waals surface area contributed by atoms with Crippen LogP contribution < -0.4 is 4.74 Å². The number of carbonyl (C=O) groups is 1. The van der Waals surface area contributed by atoms with Crippen LogP contribution in [0, 0.1) is 5.92 Å². The lowest BCUT2D eigenvalue weighted by molar-refractivity contribution is -0.215. The Morgan fingerprint density at radius 2 is 1.37 bits per heavy atom. The number of sulfone groups is 1. The number of rotatable bonds is 7. The van der Waals surface area contributed by atoms with Gasteiger partial charge in [0.2, 0.25) is 9.84 Å². The fourth-order valence-corrected chi connectivity index (χ4v) is 8.75. The summed E-state index contributed by atoms with van der Waals surface area (Å²) in [7, 11) is -2.12. The predicted molar refractivity (Wildman–Crippen MR) is 176 cm³/mol. The number of methoxy groups -OCH3 is 1. The molecule has 3 aliphatic rings. The van der Waals surface area contributed by atoms with Crippen LogP contribution in [0.15, 0.2) is 101 Å². The van der Waals surface area contributed by atoms with E-state index in [1.54, 1.807) is 43.5 Å². The molecule has 3 fully saturated rings. The number of fused-ring (bicyclic) bond motifs is 1. The van der Waals surface area contributed by atoms with E-state index < -0.39 is 15.6 Å². The molecular weight excluding hydrogens is 600 g/mol. The van der Waals surface area contributed by atoms with Crippen molar-refractivity contribution in [1.82, 2.24) is 9.80 Å². The molecule has 4 aromatic carbocycles. The normalized spacial score (nSPS) is 19.8. The molecule has 1 amide bonds. The Morgan fingerprint density at radius 1 is 0.761 bits per heavy atom. The first-order valence-corrected chi connectivity index (χ1v) is 17.7. The van der Waals surface area contributed by atoms with Crippen molar-refractivity contribution in [2.75, 3.05) is 46.5 Å². The number of carbonyl (C=O) groups excluding carboxylic acids is 1. The van der Waals surface area contributed by atoms with E-state index in [1.807, 2.05) is 47.4 Å². The van der Waals surface area contributed by atoms with E-state index in [0.717, 1.165) is 73.8 Å². The van der Waals surface area contributed by atoms with Gasteiger partial charge in [0.15, 0.2) is 5.79 Å². The fraction of sp³-hybridized carbons (Fsp3) is 0.378. The van der Waals surface area contributed by atoms with E-state index in [4.69, 9.17) is 14.2 Å². The van der Waals surface area contributed by atoms with Crippen molar-refractivity contribution < 1.29 is 27.4 Å². The number of piperidine rings is 2. The maximum Gasteiger partial charge on any atom is 0.254 e. The summed E-state index contributed by atoms with van der Waals surface area (Å²) in [5.74, 6) is 0.00997. The van der Waals surface area contributed by atoms with E-state index in [2.05, 4.69) is 17.0 Å². The van der Waals surface area contributed by atoms with Gasteiger partial charge in [0.1, 0.15) is 5.75 Å². The van der Waals surface area contributed by atoms with Gasteiger partial charge in [-0.1, -0.05) is 48.5 Å². The molecule has 46 heavy (non-hydrogen) atoms. The topological polar surface area (TPSA) is 85.4 Å². The van der Waals surface area contributed by atoms with Gasteiger partial charge in [0.25, 0.3) is 5.91 Å². The Morgan fingerprint density at radius 3 is 2.02 bits per heavy atom. The van der Waals surface area contributed by atoms with Crippen LogP contribution in [0.4, 0.5) is 0 Å². The zero-order valence-electron chi connectivity index (χ0n) is 26.1. The van der Waals surface area contributed by atoms with E-state index >= 15 is 0 Å². The minimum absolute atomic E-state index is 0.120. The summed E-state index contributed by atoms with van der Waals surface area (Å²) < 4.78 is 44.4. The minimum Gasteiger partial charge on any atom is -0.497 e. The molecule has 9 heteroatoms.